The van der Waals surface area contributed by atoms with Gasteiger partial charge in [-0.25, -0.2) is 0 Å². The Morgan fingerprint density at radius 3 is 2.95 bits per heavy atom. The predicted molar refractivity (Wildman–Crippen MR) is 85.0 cm³/mol. The van der Waals surface area contributed by atoms with E-state index in [-0.39, 0.29) is 0 Å². The molecule has 0 fully saturated rings. The fourth-order valence-electron chi connectivity index (χ4n) is 3.01. The van der Waals surface area contributed by atoms with E-state index in [0.717, 1.165) is 29.5 Å². The Hall–Kier alpha value is -1.02. The number of halogens is 1. The molecule has 1 aromatic rings. The summed E-state index contributed by atoms with van der Waals surface area (Å²) in [6.07, 6.45) is 6.56. The van der Waals surface area contributed by atoms with Crippen molar-refractivity contribution in [2.24, 2.45) is 5.92 Å². The summed E-state index contributed by atoms with van der Waals surface area (Å²) >= 11 is 3.47. The lowest BCUT2D eigenvalue weighted by molar-refractivity contribution is 0.404. The van der Waals surface area contributed by atoms with Crippen LogP contribution >= 0.6 is 15.9 Å². The van der Waals surface area contributed by atoms with Crippen LogP contribution in [0.3, 0.4) is 0 Å². The molecule has 0 amide bonds. The van der Waals surface area contributed by atoms with Crippen LogP contribution in [0, 0.1) is 5.92 Å². The highest BCUT2D eigenvalue weighted by atomic mass is 79.9. The van der Waals surface area contributed by atoms with E-state index in [9.17, 15) is 0 Å². The number of allylic oxidation sites excluding steroid dienone is 2. The van der Waals surface area contributed by atoms with Crippen LogP contribution in [0.2, 0.25) is 0 Å². The lowest BCUT2D eigenvalue weighted by atomic mass is 9.73. The molecule has 0 saturated carbocycles. The summed E-state index contributed by atoms with van der Waals surface area (Å²) < 4.78 is 6.40. The largest absolute Gasteiger partial charge is 0.497 e. The molecule has 2 atom stereocenters. The minimum absolute atomic E-state index is 0.557. The van der Waals surface area contributed by atoms with Crippen molar-refractivity contribution in [2.75, 3.05) is 7.11 Å². The minimum Gasteiger partial charge on any atom is -0.497 e. The summed E-state index contributed by atoms with van der Waals surface area (Å²) in [6, 6.07) is 6.48. The normalized spacial score (nSPS) is 21.6. The number of fused-ring (bicyclic) bond motifs is 1. The van der Waals surface area contributed by atoms with Gasteiger partial charge in [0.15, 0.2) is 0 Å². The number of aryl methyl sites for hydroxylation is 1. The molecule has 0 heterocycles. The van der Waals surface area contributed by atoms with E-state index >= 15 is 0 Å². The molecule has 1 aliphatic rings. The highest BCUT2D eigenvalue weighted by molar-refractivity contribution is 9.11. The molecule has 0 radical (unpaired) electrons. The number of methoxy groups -OCH3 is 1. The molecule has 1 nitrogen and oxygen atoms in total. The molecule has 0 aromatic heterocycles. The molecule has 0 bridgehead atoms. The van der Waals surface area contributed by atoms with Gasteiger partial charge in [-0.05, 0) is 65.3 Å². The molecule has 0 aliphatic heterocycles. The standard InChI is InChI=1S/C17H21BrO/c1-4-13-6-7-14-11-15(19-3)8-10-17(14)16(13)9-5-12(2)18/h4,8,10-11,13,16H,1-2,5-7,9H2,3H3/t13-,16+/m1/s1. The van der Waals surface area contributed by atoms with Gasteiger partial charge in [0, 0.05) is 0 Å². The van der Waals surface area contributed by atoms with Gasteiger partial charge >= 0.3 is 0 Å². The minimum atomic E-state index is 0.557. The Labute approximate surface area is 124 Å². The number of hydrogen-bond donors (Lipinski definition) is 0. The van der Waals surface area contributed by atoms with Crippen LogP contribution in [0.1, 0.15) is 36.3 Å². The first-order valence-electron chi connectivity index (χ1n) is 6.78. The third-order valence-corrected chi connectivity index (χ3v) is 4.44. The fraction of sp³-hybridized carbons (Fsp3) is 0.412. The third kappa shape index (κ3) is 3.30. The van der Waals surface area contributed by atoms with Crippen LogP contribution in [0.5, 0.6) is 5.75 Å². The van der Waals surface area contributed by atoms with Gasteiger partial charge in [0.2, 0.25) is 0 Å². The molecule has 1 aromatic carbocycles. The highest BCUT2D eigenvalue weighted by Gasteiger charge is 2.27. The van der Waals surface area contributed by atoms with Crippen LogP contribution in [0.25, 0.3) is 0 Å². The monoisotopic (exact) mass is 320 g/mol. The first kappa shape index (κ1) is 14.4. The van der Waals surface area contributed by atoms with Gasteiger partial charge in [-0.3, -0.25) is 0 Å². The van der Waals surface area contributed by atoms with Crippen LogP contribution < -0.4 is 4.74 Å². The van der Waals surface area contributed by atoms with Gasteiger partial charge in [0.25, 0.3) is 0 Å². The van der Waals surface area contributed by atoms with Gasteiger partial charge in [0.05, 0.1) is 7.11 Å². The average molecular weight is 321 g/mol. The van der Waals surface area contributed by atoms with Crippen molar-refractivity contribution < 1.29 is 4.74 Å². The SMILES string of the molecule is C=C[C@@H]1CCc2cc(OC)ccc2[C@H]1CCC(=C)Br. The summed E-state index contributed by atoms with van der Waals surface area (Å²) in [5, 5.41) is 0. The van der Waals surface area contributed by atoms with Crippen LogP contribution in [-0.4, -0.2) is 7.11 Å². The molecule has 0 spiro atoms. The van der Waals surface area contributed by atoms with Crippen molar-refractivity contribution in [3.63, 3.8) is 0 Å². The smallest absolute Gasteiger partial charge is 0.119 e. The van der Waals surface area contributed by atoms with Gasteiger partial charge in [0.1, 0.15) is 5.75 Å². The third-order valence-electron chi connectivity index (χ3n) is 4.04. The molecule has 102 valence electrons. The summed E-state index contributed by atoms with van der Waals surface area (Å²) in [5.74, 6) is 2.09. The van der Waals surface area contributed by atoms with Crippen molar-refractivity contribution in [2.45, 2.75) is 31.6 Å². The quantitative estimate of drug-likeness (QED) is 0.676. The maximum absolute atomic E-state index is 5.33. The zero-order chi connectivity index (χ0) is 13.8. The number of benzene rings is 1. The van der Waals surface area contributed by atoms with Crippen LogP contribution in [0.15, 0.2) is 41.9 Å². The van der Waals surface area contributed by atoms with E-state index in [1.54, 1.807) is 7.11 Å². The molecule has 0 N–H and O–H groups in total. The lowest BCUT2D eigenvalue weighted by Crippen LogP contribution is -2.19. The maximum Gasteiger partial charge on any atom is 0.119 e. The Morgan fingerprint density at radius 1 is 1.53 bits per heavy atom. The van der Waals surface area contributed by atoms with Crippen LogP contribution in [-0.2, 0) is 6.42 Å². The number of hydrogen-bond acceptors (Lipinski definition) is 1. The van der Waals surface area contributed by atoms with E-state index in [2.05, 4.69) is 53.4 Å². The van der Waals surface area contributed by atoms with E-state index in [4.69, 9.17) is 4.74 Å². The fourth-order valence-corrected chi connectivity index (χ4v) is 3.23. The molecule has 1 aliphatic carbocycles. The van der Waals surface area contributed by atoms with Crippen molar-refractivity contribution in [1.29, 1.82) is 0 Å². The van der Waals surface area contributed by atoms with E-state index in [1.807, 2.05) is 0 Å². The van der Waals surface area contributed by atoms with Crippen molar-refractivity contribution in [3.05, 3.63) is 53.0 Å². The van der Waals surface area contributed by atoms with Crippen molar-refractivity contribution >= 4 is 15.9 Å². The Bertz CT molecular complexity index is 478. The average Bonchev–Trinajstić information content (AvgIpc) is 2.43. The Balaban J connectivity index is 2.28. The molecule has 0 unspecified atom stereocenters. The molecule has 19 heavy (non-hydrogen) atoms. The predicted octanol–water partition coefficient (Wildman–Crippen LogP) is 5.22. The lowest BCUT2D eigenvalue weighted by Gasteiger charge is -2.32. The number of rotatable bonds is 5. The first-order valence-corrected chi connectivity index (χ1v) is 7.57. The topological polar surface area (TPSA) is 9.23 Å². The molecule has 0 saturated heterocycles. The van der Waals surface area contributed by atoms with Gasteiger partial charge in [-0.2, -0.15) is 0 Å². The second kappa shape index (κ2) is 6.42. The number of ether oxygens (including phenoxy) is 1. The van der Waals surface area contributed by atoms with E-state index in [1.165, 1.54) is 17.5 Å². The van der Waals surface area contributed by atoms with E-state index in [0.29, 0.717) is 11.8 Å². The van der Waals surface area contributed by atoms with E-state index < -0.39 is 0 Å². The zero-order valence-corrected chi connectivity index (χ0v) is 13.1. The summed E-state index contributed by atoms with van der Waals surface area (Å²) in [7, 11) is 1.73. The summed E-state index contributed by atoms with van der Waals surface area (Å²) in [4.78, 5) is 0. The summed E-state index contributed by atoms with van der Waals surface area (Å²) in [6.45, 7) is 7.95. The van der Waals surface area contributed by atoms with Gasteiger partial charge in [-0.1, -0.05) is 34.7 Å². The maximum atomic E-state index is 5.33. The van der Waals surface area contributed by atoms with Crippen molar-refractivity contribution in [3.8, 4) is 5.75 Å². The van der Waals surface area contributed by atoms with Gasteiger partial charge in [-0.15, -0.1) is 6.58 Å². The summed E-state index contributed by atoms with van der Waals surface area (Å²) in [5.41, 5.74) is 2.90. The second-order valence-electron chi connectivity index (χ2n) is 5.17. The molecule has 2 rings (SSSR count). The van der Waals surface area contributed by atoms with Crippen LogP contribution in [0.4, 0.5) is 0 Å². The Morgan fingerprint density at radius 2 is 2.32 bits per heavy atom. The highest BCUT2D eigenvalue weighted by Crippen LogP contribution is 2.41. The second-order valence-corrected chi connectivity index (χ2v) is 6.29. The molecular weight excluding hydrogens is 300 g/mol. The molecular formula is C17H21BrO. The first-order chi connectivity index (χ1) is 9.15. The Kier molecular flexibility index (Phi) is 4.87. The van der Waals surface area contributed by atoms with Crippen molar-refractivity contribution in [1.82, 2.24) is 0 Å². The molecule has 2 heteroatoms. The zero-order valence-electron chi connectivity index (χ0n) is 11.5. The van der Waals surface area contributed by atoms with Gasteiger partial charge < -0.3 is 4.74 Å².